The molecule has 0 bridgehead atoms. The fourth-order valence-electron chi connectivity index (χ4n) is 2.95. The molecular formula is C19H17N3O2. The van der Waals surface area contributed by atoms with Gasteiger partial charge in [0.1, 0.15) is 6.04 Å². The van der Waals surface area contributed by atoms with Crippen molar-refractivity contribution in [1.29, 1.82) is 5.26 Å². The van der Waals surface area contributed by atoms with Crippen LogP contribution in [0.2, 0.25) is 0 Å². The zero-order valence-corrected chi connectivity index (χ0v) is 13.3. The van der Waals surface area contributed by atoms with Crippen LogP contribution in [-0.4, -0.2) is 29.4 Å². The quantitative estimate of drug-likeness (QED) is 0.814. The van der Waals surface area contributed by atoms with Crippen molar-refractivity contribution in [1.82, 2.24) is 4.90 Å². The summed E-state index contributed by atoms with van der Waals surface area (Å²) in [6, 6.07) is 17.4. The summed E-state index contributed by atoms with van der Waals surface area (Å²) in [5, 5.41) is 8.88. The molecule has 5 heteroatoms. The molecule has 0 unspecified atom stereocenters. The Kier molecular flexibility index (Phi) is 4.30. The molecule has 5 nitrogen and oxygen atoms in total. The van der Waals surface area contributed by atoms with Crippen LogP contribution in [0.15, 0.2) is 54.6 Å². The largest absolute Gasteiger partial charge is 0.332 e. The molecule has 0 N–H and O–H groups in total. The Morgan fingerprint density at radius 2 is 1.71 bits per heavy atom. The molecule has 0 aliphatic carbocycles. The second kappa shape index (κ2) is 6.55. The minimum atomic E-state index is -0.499. The zero-order chi connectivity index (χ0) is 17.1. The average molecular weight is 319 g/mol. The number of carbonyl (C=O) groups excluding carboxylic acids is 2. The van der Waals surface area contributed by atoms with Crippen LogP contribution in [0, 0.1) is 11.3 Å². The van der Waals surface area contributed by atoms with Gasteiger partial charge in [0.05, 0.1) is 17.3 Å². The Labute approximate surface area is 140 Å². The van der Waals surface area contributed by atoms with Gasteiger partial charge < -0.3 is 4.90 Å². The van der Waals surface area contributed by atoms with Gasteiger partial charge in [0, 0.05) is 13.0 Å². The van der Waals surface area contributed by atoms with Gasteiger partial charge in [-0.15, -0.1) is 0 Å². The van der Waals surface area contributed by atoms with Crippen molar-refractivity contribution < 1.29 is 9.59 Å². The van der Waals surface area contributed by atoms with Crippen molar-refractivity contribution in [3.8, 4) is 6.07 Å². The van der Waals surface area contributed by atoms with E-state index in [0.717, 1.165) is 5.56 Å². The van der Waals surface area contributed by atoms with Crippen molar-refractivity contribution in [2.45, 2.75) is 19.4 Å². The van der Waals surface area contributed by atoms with Crippen LogP contribution in [0.4, 0.5) is 10.5 Å². The Morgan fingerprint density at radius 1 is 1.04 bits per heavy atom. The van der Waals surface area contributed by atoms with E-state index >= 15 is 0 Å². The molecule has 3 amide bonds. The summed E-state index contributed by atoms with van der Waals surface area (Å²) in [5.74, 6) is -0.226. The molecule has 3 rings (SSSR count). The van der Waals surface area contributed by atoms with E-state index in [2.05, 4.69) is 0 Å². The smallest absolute Gasteiger partial charge is 0.312 e. The topological polar surface area (TPSA) is 64.4 Å². The van der Waals surface area contributed by atoms with Crippen LogP contribution in [0.5, 0.6) is 0 Å². The minimum absolute atomic E-state index is 0.226. The molecule has 2 aromatic carbocycles. The van der Waals surface area contributed by atoms with E-state index in [1.807, 2.05) is 43.3 Å². The minimum Gasteiger partial charge on any atom is -0.312 e. The van der Waals surface area contributed by atoms with Gasteiger partial charge in [0.2, 0.25) is 0 Å². The number of carbonyl (C=O) groups is 2. The molecule has 0 saturated carbocycles. The number of amides is 3. The highest BCUT2D eigenvalue weighted by atomic mass is 16.2. The lowest BCUT2D eigenvalue weighted by Gasteiger charge is -2.19. The van der Waals surface area contributed by atoms with E-state index in [1.165, 1.54) is 4.90 Å². The molecule has 24 heavy (non-hydrogen) atoms. The van der Waals surface area contributed by atoms with Gasteiger partial charge in [-0.05, 0) is 36.8 Å². The van der Waals surface area contributed by atoms with E-state index in [9.17, 15) is 9.59 Å². The van der Waals surface area contributed by atoms with Gasteiger partial charge in [0.25, 0.3) is 5.91 Å². The van der Waals surface area contributed by atoms with Gasteiger partial charge in [-0.3, -0.25) is 4.79 Å². The summed E-state index contributed by atoms with van der Waals surface area (Å²) in [7, 11) is 0. The molecule has 1 heterocycles. The number of benzene rings is 2. The van der Waals surface area contributed by atoms with E-state index in [4.69, 9.17) is 5.26 Å². The van der Waals surface area contributed by atoms with Crippen LogP contribution in [0.1, 0.15) is 18.1 Å². The molecule has 2 aromatic rings. The SMILES string of the molecule is CCN1C(=O)N(c2ccc(C#N)cc2)C(=O)[C@H]1Cc1ccccc1. The number of hydrogen-bond donors (Lipinski definition) is 0. The number of urea groups is 1. The third kappa shape index (κ3) is 2.74. The molecule has 1 saturated heterocycles. The maximum absolute atomic E-state index is 12.8. The Morgan fingerprint density at radius 3 is 2.29 bits per heavy atom. The number of anilines is 1. The van der Waals surface area contributed by atoms with Crippen LogP contribution in [0.3, 0.4) is 0 Å². The maximum Gasteiger partial charge on any atom is 0.332 e. The number of rotatable bonds is 4. The third-order valence-corrected chi connectivity index (χ3v) is 4.19. The Bertz CT molecular complexity index is 794. The van der Waals surface area contributed by atoms with E-state index < -0.39 is 6.04 Å². The van der Waals surface area contributed by atoms with Crippen LogP contribution < -0.4 is 4.90 Å². The van der Waals surface area contributed by atoms with E-state index in [1.54, 1.807) is 29.2 Å². The first-order valence-electron chi connectivity index (χ1n) is 7.84. The summed E-state index contributed by atoms with van der Waals surface area (Å²) in [5.41, 5.74) is 2.01. The number of nitriles is 1. The van der Waals surface area contributed by atoms with Gasteiger partial charge in [0.15, 0.2) is 0 Å². The van der Waals surface area contributed by atoms with Crippen molar-refractivity contribution in [3.05, 3.63) is 65.7 Å². The second-order valence-corrected chi connectivity index (χ2v) is 5.61. The predicted molar refractivity (Wildman–Crippen MR) is 90.4 cm³/mol. The average Bonchev–Trinajstić information content (AvgIpc) is 2.86. The zero-order valence-electron chi connectivity index (χ0n) is 13.3. The number of likely N-dealkylation sites (N-methyl/N-ethyl adjacent to an activating group) is 1. The first kappa shape index (κ1) is 15.8. The summed E-state index contributed by atoms with van der Waals surface area (Å²) >= 11 is 0. The van der Waals surface area contributed by atoms with Crippen LogP contribution >= 0.6 is 0 Å². The van der Waals surface area contributed by atoms with E-state index in [-0.39, 0.29) is 11.9 Å². The summed E-state index contributed by atoms with van der Waals surface area (Å²) in [6.07, 6.45) is 0.492. The molecule has 0 spiro atoms. The number of nitrogens with zero attached hydrogens (tertiary/aromatic N) is 3. The van der Waals surface area contributed by atoms with Crippen molar-refractivity contribution in [2.24, 2.45) is 0 Å². The number of imide groups is 1. The van der Waals surface area contributed by atoms with Gasteiger partial charge in [-0.1, -0.05) is 30.3 Å². The maximum atomic E-state index is 12.8. The highest BCUT2D eigenvalue weighted by Gasteiger charge is 2.44. The fourth-order valence-corrected chi connectivity index (χ4v) is 2.95. The second-order valence-electron chi connectivity index (χ2n) is 5.61. The number of hydrogen-bond acceptors (Lipinski definition) is 3. The summed E-state index contributed by atoms with van der Waals surface area (Å²) < 4.78 is 0. The molecule has 1 aliphatic heterocycles. The van der Waals surface area contributed by atoms with Crippen molar-refractivity contribution in [2.75, 3.05) is 11.4 Å². The highest BCUT2D eigenvalue weighted by molar-refractivity contribution is 6.21. The first-order chi connectivity index (χ1) is 11.7. The Balaban J connectivity index is 1.90. The van der Waals surface area contributed by atoms with E-state index in [0.29, 0.717) is 24.2 Å². The van der Waals surface area contributed by atoms with Gasteiger partial charge in [-0.25, -0.2) is 9.69 Å². The molecule has 1 aliphatic rings. The molecule has 1 atom stereocenters. The highest BCUT2D eigenvalue weighted by Crippen LogP contribution is 2.27. The normalized spacial score (nSPS) is 17.2. The predicted octanol–water partition coefficient (Wildman–Crippen LogP) is 2.96. The lowest BCUT2D eigenvalue weighted by Crippen LogP contribution is -2.36. The molecule has 0 aromatic heterocycles. The summed E-state index contributed by atoms with van der Waals surface area (Å²) in [4.78, 5) is 28.3. The van der Waals surface area contributed by atoms with Crippen LogP contribution in [-0.2, 0) is 11.2 Å². The van der Waals surface area contributed by atoms with Crippen LogP contribution in [0.25, 0.3) is 0 Å². The van der Waals surface area contributed by atoms with Crippen molar-refractivity contribution >= 4 is 17.6 Å². The van der Waals surface area contributed by atoms with Gasteiger partial charge in [-0.2, -0.15) is 5.26 Å². The molecular weight excluding hydrogens is 302 g/mol. The molecule has 0 radical (unpaired) electrons. The van der Waals surface area contributed by atoms with Crippen molar-refractivity contribution in [3.63, 3.8) is 0 Å². The molecule has 120 valence electrons. The lowest BCUT2D eigenvalue weighted by atomic mass is 10.0. The molecule has 1 fully saturated rings. The first-order valence-corrected chi connectivity index (χ1v) is 7.84. The summed E-state index contributed by atoms with van der Waals surface area (Å²) in [6.45, 7) is 2.33. The van der Waals surface area contributed by atoms with Gasteiger partial charge >= 0.3 is 6.03 Å². The fraction of sp³-hybridized carbons (Fsp3) is 0.211. The lowest BCUT2D eigenvalue weighted by molar-refractivity contribution is -0.119. The third-order valence-electron chi connectivity index (χ3n) is 4.19. The monoisotopic (exact) mass is 319 g/mol. The Hall–Kier alpha value is -3.13. The standard InChI is InChI=1S/C19H17N3O2/c1-2-21-17(12-14-6-4-3-5-7-14)18(23)22(19(21)24)16-10-8-15(13-20)9-11-16/h3-11,17H,2,12H2,1H3/t17-/m1/s1.